The standard InChI is InChI=1S/C13H16N2O2/c1-3-5-10-11(14)7-9(8-12(10)15)13(16)17-6-4-2/h3-4,7-8H,1-2,5-6,14-15H2. The number of hydrogen-bond donors (Lipinski definition) is 2. The SMILES string of the molecule is C=CCOC(=O)c1cc(N)c(CC=C)c(N)c1. The van der Waals surface area contributed by atoms with Crippen LogP contribution in [0.15, 0.2) is 37.4 Å². The van der Waals surface area contributed by atoms with Crippen LogP contribution in [-0.4, -0.2) is 12.6 Å². The topological polar surface area (TPSA) is 78.3 Å². The number of nitrogens with two attached hydrogens (primary N) is 2. The first-order valence-corrected chi connectivity index (χ1v) is 5.17. The molecule has 4 N–H and O–H groups in total. The van der Waals surface area contributed by atoms with Crippen molar-refractivity contribution in [2.45, 2.75) is 6.42 Å². The van der Waals surface area contributed by atoms with Gasteiger partial charge in [-0.3, -0.25) is 0 Å². The van der Waals surface area contributed by atoms with Crippen molar-refractivity contribution in [3.05, 3.63) is 48.6 Å². The van der Waals surface area contributed by atoms with E-state index in [1.54, 1.807) is 18.2 Å². The molecule has 1 aromatic carbocycles. The Kier molecular flexibility index (Phi) is 4.34. The number of carbonyl (C=O) groups excluding carboxylic acids is 1. The number of anilines is 2. The van der Waals surface area contributed by atoms with Gasteiger partial charge in [0, 0.05) is 16.9 Å². The number of hydrogen-bond acceptors (Lipinski definition) is 4. The van der Waals surface area contributed by atoms with E-state index in [0.717, 1.165) is 5.56 Å². The lowest BCUT2D eigenvalue weighted by molar-refractivity contribution is 0.0550. The summed E-state index contributed by atoms with van der Waals surface area (Å²) in [4.78, 5) is 11.6. The van der Waals surface area contributed by atoms with Gasteiger partial charge < -0.3 is 16.2 Å². The van der Waals surface area contributed by atoms with Crippen LogP contribution in [0.5, 0.6) is 0 Å². The van der Waals surface area contributed by atoms with Gasteiger partial charge in [-0.15, -0.1) is 6.58 Å². The molecule has 17 heavy (non-hydrogen) atoms. The van der Waals surface area contributed by atoms with E-state index in [-0.39, 0.29) is 6.61 Å². The summed E-state index contributed by atoms with van der Waals surface area (Å²) in [6.07, 6.45) is 3.77. The lowest BCUT2D eigenvalue weighted by Gasteiger charge is -2.10. The molecular formula is C13H16N2O2. The Bertz CT molecular complexity index is 430. The van der Waals surface area contributed by atoms with E-state index in [4.69, 9.17) is 16.2 Å². The molecule has 0 aliphatic heterocycles. The number of rotatable bonds is 5. The van der Waals surface area contributed by atoms with Crippen molar-refractivity contribution in [2.24, 2.45) is 0 Å². The van der Waals surface area contributed by atoms with Gasteiger partial charge in [0.2, 0.25) is 0 Å². The lowest BCUT2D eigenvalue weighted by atomic mass is 10.0. The lowest BCUT2D eigenvalue weighted by Crippen LogP contribution is -2.08. The highest BCUT2D eigenvalue weighted by atomic mass is 16.5. The van der Waals surface area contributed by atoms with Crippen molar-refractivity contribution in [3.63, 3.8) is 0 Å². The van der Waals surface area contributed by atoms with E-state index in [1.165, 1.54) is 6.08 Å². The molecule has 0 saturated heterocycles. The summed E-state index contributed by atoms with van der Waals surface area (Å²) in [6.45, 7) is 7.24. The van der Waals surface area contributed by atoms with E-state index >= 15 is 0 Å². The molecule has 0 atom stereocenters. The van der Waals surface area contributed by atoms with E-state index in [9.17, 15) is 4.79 Å². The van der Waals surface area contributed by atoms with Gasteiger partial charge in [0.1, 0.15) is 6.61 Å². The molecule has 4 nitrogen and oxygen atoms in total. The van der Waals surface area contributed by atoms with Crippen LogP contribution in [0.25, 0.3) is 0 Å². The summed E-state index contributed by atoms with van der Waals surface area (Å²) in [7, 11) is 0. The third-order valence-corrected chi connectivity index (χ3v) is 2.24. The molecule has 0 aliphatic rings. The summed E-state index contributed by atoms with van der Waals surface area (Å²) in [5, 5.41) is 0. The molecular weight excluding hydrogens is 216 g/mol. The Morgan fingerprint density at radius 1 is 1.24 bits per heavy atom. The molecule has 0 unspecified atom stereocenters. The van der Waals surface area contributed by atoms with E-state index in [1.807, 2.05) is 0 Å². The van der Waals surface area contributed by atoms with Crippen molar-refractivity contribution in [1.29, 1.82) is 0 Å². The van der Waals surface area contributed by atoms with E-state index in [0.29, 0.717) is 23.4 Å². The Labute approximate surface area is 101 Å². The second-order valence-corrected chi connectivity index (χ2v) is 3.51. The molecule has 1 rings (SSSR count). The summed E-state index contributed by atoms with van der Waals surface area (Å²) in [6, 6.07) is 3.11. The van der Waals surface area contributed by atoms with Gasteiger partial charge in [0.05, 0.1) is 5.56 Å². The van der Waals surface area contributed by atoms with Crippen molar-refractivity contribution >= 4 is 17.3 Å². The molecule has 0 aromatic heterocycles. The summed E-state index contributed by atoms with van der Waals surface area (Å²) >= 11 is 0. The van der Waals surface area contributed by atoms with Gasteiger partial charge in [0.25, 0.3) is 0 Å². The maximum atomic E-state index is 11.6. The zero-order valence-electron chi connectivity index (χ0n) is 9.61. The van der Waals surface area contributed by atoms with Crippen LogP contribution in [0.4, 0.5) is 11.4 Å². The van der Waals surface area contributed by atoms with Crippen LogP contribution >= 0.6 is 0 Å². The van der Waals surface area contributed by atoms with Gasteiger partial charge in [-0.1, -0.05) is 18.7 Å². The zero-order chi connectivity index (χ0) is 12.8. The maximum Gasteiger partial charge on any atom is 0.338 e. The molecule has 0 radical (unpaired) electrons. The van der Waals surface area contributed by atoms with E-state index < -0.39 is 5.97 Å². The van der Waals surface area contributed by atoms with Gasteiger partial charge in [-0.2, -0.15) is 0 Å². The molecule has 0 aliphatic carbocycles. The van der Waals surface area contributed by atoms with Crippen molar-refractivity contribution < 1.29 is 9.53 Å². The second kappa shape index (κ2) is 5.75. The quantitative estimate of drug-likeness (QED) is 0.462. The number of allylic oxidation sites excluding steroid dienone is 1. The summed E-state index contributed by atoms with van der Waals surface area (Å²) in [5.41, 5.74) is 13.7. The molecule has 0 heterocycles. The van der Waals surface area contributed by atoms with Crippen molar-refractivity contribution in [3.8, 4) is 0 Å². The first kappa shape index (κ1) is 12.8. The normalized spacial score (nSPS) is 9.65. The number of carbonyl (C=O) groups is 1. The molecule has 0 fully saturated rings. The molecule has 0 saturated carbocycles. The average molecular weight is 232 g/mol. The van der Waals surface area contributed by atoms with Gasteiger partial charge in [0.15, 0.2) is 0 Å². The van der Waals surface area contributed by atoms with E-state index in [2.05, 4.69) is 13.2 Å². The Balaban J connectivity index is 3.00. The predicted molar refractivity (Wildman–Crippen MR) is 69.6 cm³/mol. The molecule has 0 bridgehead atoms. The molecule has 4 heteroatoms. The number of esters is 1. The molecule has 0 amide bonds. The fourth-order valence-electron chi connectivity index (χ4n) is 1.43. The summed E-state index contributed by atoms with van der Waals surface area (Å²) in [5.74, 6) is -0.464. The monoisotopic (exact) mass is 232 g/mol. The fourth-order valence-corrected chi connectivity index (χ4v) is 1.43. The fraction of sp³-hybridized carbons (Fsp3) is 0.154. The van der Waals surface area contributed by atoms with Crippen LogP contribution in [-0.2, 0) is 11.2 Å². The van der Waals surface area contributed by atoms with Gasteiger partial charge in [-0.25, -0.2) is 4.79 Å². The number of nitrogen functional groups attached to an aromatic ring is 2. The molecule has 1 aromatic rings. The highest BCUT2D eigenvalue weighted by Gasteiger charge is 2.11. The van der Waals surface area contributed by atoms with Crippen LogP contribution in [0.2, 0.25) is 0 Å². The third-order valence-electron chi connectivity index (χ3n) is 2.24. The highest BCUT2D eigenvalue weighted by Crippen LogP contribution is 2.23. The molecule has 90 valence electrons. The third kappa shape index (κ3) is 3.11. The minimum atomic E-state index is -0.464. The van der Waals surface area contributed by atoms with Crippen LogP contribution in [0.1, 0.15) is 15.9 Å². The Morgan fingerprint density at radius 3 is 2.29 bits per heavy atom. The van der Waals surface area contributed by atoms with Crippen molar-refractivity contribution in [2.75, 3.05) is 18.1 Å². The molecule has 0 spiro atoms. The smallest absolute Gasteiger partial charge is 0.338 e. The van der Waals surface area contributed by atoms with Crippen molar-refractivity contribution in [1.82, 2.24) is 0 Å². The van der Waals surface area contributed by atoms with Crippen LogP contribution in [0, 0.1) is 0 Å². The van der Waals surface area contributed by atoms with Crippen LogP contribution in [0.3, 0.4) is 0 Å². The largest absolute Gasteiger partial charge is 0.458 e. The number of benzene rings is 1. The first-order chi connectivity index (χ1) is 8.10. The van der Waals surface area contributed by atoms with Gasteiger partial charge >= 0.3 is 5.97 Å². The second-order valence-electron chi connectivity index (χ2n) is 3.51. The average Bonchev–Trinajstić information content (AvgIpc) is 2.30. The van der Waals surface area contributed by atoms with Gasteiger partial charge in [-0.05, 0) is 18.6 Å². The predicted octanol–water partition coefficient (Wildman–Crippen LogP) is 1.92. The minimum absolute atomic E-state index is 0.160. The first-order valence-electron chi connectivity index (χ1n) is 5.17. The Morgan fingerprint density at radius 2 is 1.82 bits per heavy atom. The zero-order valence-corrected chi connectivity index (χ0v) is 9.61. The number of ether oxygens (including phenoxy) is 1. The maximum absolute atomic E-state index is 11.6. The highest BCUT2D eigenvalue weighted by molar-refractivity contribution is 5.92. The summed E-state index contributed by atoms with van der Waals surface area (Å²) < 4.78 is 4.90. The van der Waals surface area contributed by atoms with Crippen LogP contribution < -0.4 is 11.5 Å². The Hall–Kier alpha value is -2.23. The minimum Gasteiger partial charge on any atom is -0.458 e.